The summed E-state index contributed by atoms with van der Waals surface area (Å²) >= 11 is 6.94. The number of likely N-dealkylation sites (tertiary alicyclic amines) is 1. The van der Waals surface area contributed by atoms with Crippen molar-refractivity contribution in [2.75, 3.05) is 39.1 Å². The van der Waals surface area contributed by atoms with Crippen molar-refractivity contribution in [2.24, 2.45) is 5.92 Å². The van der Waals surface area contributed by atoms with Crippen molar-refractivity contribution in [2.45, 2.75) is 43.7 Å². The zero-order valence-corrected chi connectivity index (χ0v) is 25.4. The van der Waals surface area contributed by atoms with Gasteiger partial charge >= 0.3 is 12.1 Å². The number of benzene rings is 2. The van der Waals surface area contributed by atoms with Gasteiger partial charge in [-0.25, -0.2) is 14.0 Å². The highest BCUT2D eigenvalue weighted by Gasteiger charge is 2.43. The Labute approximate surface area is 245 Å². The fraction of sp³-hybridized carbons (Fsp3) is 0.464. The van der Waals surface area contributed by atoms with Gasteiger partial charge in [-0.15, -0.1) is 0 Å². The molecule has 39 heavy (non-hydrogen) atoms. The van der Waals surface area contributed by atoms with E-state index in [1.165, 1.54) is 17.0 Å². The van der Waals surface area contributed by atoms with E-state index in [1.807, 2.05) is 23.1 Å². The molecule has 1 aliphatic carbocycles. The number of halogens is 3. The third kappa shape index (κ3) is 6.57. The van der Waals surface area contributed by atoms with Crippen LogP contribution in [0.25, 0.3) is 0 Å². The summed E-state index contributed by atoms with van der Waals surface area (Å²) in [6.45, 7) is 0.794. The van der Waals surface area contributed by atoms with Crippen molar-refractivity contribution in [1.82, 2.24) is 14.7 Å². The Morgan fingerprint density at radius 3 is 2.05 bits per heavy atom. The summed E-state index contributed by atoms with van der Waals surface area (Å²) < 4.78 is 15.4. The molecular weight excluding hydrogens is 635 g/mol. The van der Waals surface area contributed by atoms with Crippen molar-refractivity contribution >= 4 is 55.6 Å². The summed E-state index contributed by atoms with van der Waals surface area (Å²) in [5, 5.41) is 9.29. The van der Waals surface area contributed by atoms with E-state index in [0.29, 0.717) is 44.5 Å². The number of amides is 4. The molecule has 2 aliphatic rings. The quantitative estimate of drug-likeness (QED) is 0.424. The summed E-state index contributed by atoms with van der Waals surface area (Å²) in [7, 11) is 5.03. The van der Waals surface area contributed by atoms with Crippen molar-refractivity contribution in [1.29, 1.82) is 0 Å². The molecule has 1 saturated heterocycles. The lowest BCUT2D eigenvalue weighted by atomic mass is 9.84. The molecule has 0 unspecified atom stereocenters. The van der Waals surface area contributed by atoms with Gasteiger partial charge in [-0.2, -0.15) is 0 Å². The molecule has 0 spiro atoms. The number of nitrogens with zero attached hydrogens (tertiary/aromatic N) is 4. The molecule has 0 bridgehead atoms. The molecule has 1 heterocycles. The summed E-state index contributed by atoms with van der Waals surface area (Å²) in [4.78, 5) is 45.0. The third-order valence-corrected chi connectivity index (χ3v) is 9.03. The maximum Gasteiger partial charge on any atom is 0.407 e. The second-order valence-electron chi connectivity index (χ2n) is 10.4. The molecule has 210 valence electrons. The second-order valence-corrected chi connectivity index (χ2v) is 12.3. The summed E-state index contributed by atoms with van der Waals surface area (Å²) in [5.41, 5.74) is 1.58. The van der Waals surface area contributed by atoms with Crippen LogP contribution in [0.5, 0.6) is 0 Å². The summed E-state index contributed by atoms with van der Waals surface area (Å²) in [5.74, 6) is -0.667. The van der Waals surface area contributed by atoms with Gasteiger partial charge in [-0.1, -0.05) is 44.0 Å². The van der Waals surface area contributed by atoms with Crippen molar-refractivity contribution in [3.05, 3.63) is 62.8 Å². The van der Waals surface area contributed by atoms with Crippen LogP contribution in [-0.4, -0.2) is 84.2 Å². The fourth-order valence-electron chi connectivity index (χ4n) is 5.74. The van der Waals surface area contributed by atoms with Gasteiger partial charge in [0.2, 0.25) is 5.91 Å². The Hall–Kier alpha value is -2.66. The predicted octanol–water partition coefficient (Wildman–Crippen LogP) is 6.00. The van der Waals surface area contributed by atoms with Crippen molar-refractivity contribution in [3.63, 3.8) is 0 Å². The highest BCUT2D eigenvalue weighted by molar-refractivity contribution is 9.11. The molecule has 2 aromatic carbocycles. The predicted molar refractivity (Wildman–Crippen MR) is 154 cm³/mol. The SMILES string of the molecule is CN(C(=O)N(C)[C@@H]1CN(C(=O)[C@H]2CC[C@H](N(C)C(=O)O)CC2)C[C@H]1c1ccc(F)cc1)c1cc(Br)cc(Br)c1. The number of rotatable bonds is 5. The van der Waals surface area contributed by atoms with E-state index < -0.39 is 6.09 Å². The summed E-state index contributed by atoms with van der Waals surface area (Å²) in [6.07, 6.45) is 1.58. The van der Waals surface area contributed by atoms with Crippen LogP contribution in [0.4, 0.5) is 19.7 Å². The first kappa shape index (κ1) is 29.3. The van der Waals surface area contributed by atoms with Crippen LogP contribution in [0.2, 0.25) is 0 Å². The lowest BCUT2D eigenvalue weighted by Gasteiger charge is -2.34. The van der Waals surface area contributed by atoms with Gasteiger partial charge < -0.3 is 19.8 Å². The highest BCUT2D eigenvalue weighted by Crippen LogP contribution is 2.36. The van der Waals surface area contributed by atoms with E-state index in [9.17, 15) is 23.9 Å². The monoisotopic (exact) mass is 666 g/mol. The van der Waals surface area contributed by atoms with Gasteiger partial charge in [0, 0.05) is 66.7 Å². The lowest BCUT2D eigenvalue weighted by molar-refractivity contribution is -0.136. The number of carboxylic acid groups (broad SMARTS) is 1. The molecule has 8 nitrogen and oxygen atoms in total. The number of urea groups is 1. The Bertz CT molecular complexity index is 1200. The van der Waals surface area contributed by atoms with Gasteiger partial charge in [-0.05, 0) is 61.6 Å². The molecule has 2 aromatic rings. The van der Waals surface area contributed by atoms with E-state index in [0.717, 1.165) is 14.5 Å². The molecule has 2 fully saturated rings. The second kappa shape index (κ2) is 12.2. The molecular formula is C28H33Br2FN4O4. The molecule has 0 aromatic heterocycles. The first-order valence-corrected chi connectivity index (χ1v) is 14.5. The first-order chi connectivity index (χ1) is 18.5. The van der Waals surface area contributed by atoms with Gasteiger partial charge in [0.1, 0.15) is 5.82 Å². The number of hydrogen-bond donors (Lipinski definition) is 1. The van der Waals surface area contributed by atoms with Gasteiger partial charge in [-0.3, -0.25) is 9.69 Å². The van der Waals surface area contributed by atoms with E-state index in [4.69, 9.17) is 0 Å². The number of anilines is 1. The highest BCUT2D eigenvalue weighted by atomic mass is 79.9. The van der Waals surface area contributed by atoms with Crippen LogP contribution in [0, 0.1) is 11.7 Å². The molecule has 4 rings (SSSR count). The van der Waals surface area contributed by atoms with Crippen LogP contribution in [0.1, 0.15) is 37.2 Å². The average Bonchev–Trinajstić information content (AvgIpc) is 3.36. The fourth-order valence-corrected chi connectivity index (χ4v) is 7.01. The normalized spacial score (nSPS) is 22.9. The van der Waals surface area contributed by atoms with Crippen molar-refractivity contribution < 1.29 is 23.9 Å². The zero-order valence-electron chi connectivity index (χ0n) is 22.2. The molecule has 11 heteroatoms. The van der Waals surface area contributed by atoms with Crippen LogP contribution in [0.3, 0.4) is 0 Å². The lowest BCUT2D eigenvalue weighted by Crippen LogP contribution is -2.48. The first-order valence-electron chi connectivity index (χ1n) is 12.9. The number of likely N-dealkylation sites (N-methyl/N-ethyl adjacent to an activating group) is 1. The minimum absolute atomic E-state index is 0.0335. The standard InChI is InChI=1S/C28H33Br2FN4O4/c1-32(23-13-19(29)12-20(30)14-23)27(37)34(3)25-16-35(15-24(25)17-4-8-21(31)9-5-17)26(36)18-6-10-22(11-7-18)33(2)28(38)39/h4-5,8-9,12-14,18,22,24-25H,6-7,10-11,15-16H2,1-3H3,(H,38,39)/t18-,22-,24-,25+/m0/s1. The van der Waals surface area contributed by atoms with Crippen molar-refractivity contribution in [3.8, 4) is 0 Å². The van der Waals surface area contributed by atoms with E-state index in [1.54, 1.807) is 43.1 Å². The zero-order chi connectivity index (χ0) is 28.4. The topological polar surface area (TPSA) is 84.4 Å². The van der Waals surface area contributed by atoms with Gasteiger partial charge in [0.25, 0.3) is 0 Å². The van der Waals surface area contributed by atoms with E-state index >= 15 is 0 Å². The Balaban J connectivity index is 1.52. The van der Waals surface area contributed by atoms with Crippen LogP contribution in [0.15, 0.2) is 51.4 Å². The largest absolute Gasteiger partial charge is 0.465 e. The third-order valence-electron chi connectivity index (χ3n) is 8.11. The molecule has 1 aliphatic heterocycles. The molecule has 2 atom stereocenters. The molecule has 1 saturated carbocycles. The van der Waals surface area contributed by atoms with Gasteiger partial charge in [0.05, 0.1) is 6.04 Å². The van der Waals surface area contributed by atoms with Crippen LogP contribution < -0.4 is 4.90 Å². The summed E-state index contributed by atoms with van der Waals surface area (Å²) in [6, 6.07) is 11.3. The minimum Gasteiger partial charge on any atom is -0.465 e. The van der Waals surface area contributed by atoms with E-state index in [-0.39, 0.29) is 41.7 Å². The molecule has 4 amide bonds. The Morgan fingerprint density at radius 2 is 1.49 bits per heavy atom. The number of carbonyl (C=O) groups excluding carboxylic acids is 2. The maximum atomic E-state index is 13.7. The van der Waals surface area contributed by atoms with Crippen LogP contribution >= 0.6 is 31.9 Å². The average molecular weight is 668 g/mol. The van der Waals surface area contributed by atoms with Gasteiger partial charge in [0.15, 0.2) is 0 Å². The van der Waals surface area contributed by atoms with E-state index in [2.05, 4.69) is 31.9 Å². The number of carbonyl (C=O) groups is 3. The minimum atomic E-state index is -0.956. The molecule has 1 N–H and O–H groups in total. The number of hydrogen-bond acceptors (Lipinski definition) is 3. The maximum absolute atomic E-state index is 13.7. The Kier molecular flexibility index (Phi) is 9.21. The van der Waals surface area contributed by atoms with Crippen LogP contribution in [-0.2, 0) is 4.79 Å². The molecule has 0 radical (unpaired) electrons. The Morgan fingerprint density at radius 1 is 0.897 bits per heavy atom. The smallest absolute Gasteiger partial charge is 0.407 e.